The lowest BCUT2D eigenvalue weighted by atomic mass is 10.0. The van der Waals surface area contributed by atoms with Gasteiger partial charge in [-0.3, -0.25) is 4.79 Å². The second-order valence-electron chi connectivity index (χ2n) is 3.81. The van der Waals surface area contributed by atoms with E-state index in [9.17, 15) is 19.4 Å². The number of carbonyl (C=O) groups excluding carboxylic acids is 1. The second kappa shape index (κ2) is 6.32. The molecule has 0 aliphatic rings. The van der Waals surface area contributed by atoms with E-state index in [0.29, 0.717) is 0 Å². The summed E-state index contributed by atoms with van der Waals surface area (Å²) in [4.78, 5) is 10.6. The lowest BCUT2D eigenvalue weighted by molar-refractivity contribution is -0.119. The molecule has 1 amide bonds. The Morgan fingerprint density at radius 3 is 2.65 bits per heavy atom. The maximum absolute atomic E-state index is 13.3. The second-order valence-corrected chi connectivity index (χ2v) is 3.81. The van der Waals surface area contributed by atoms with Gasteiger partial charge in [0.15, 0.2) is 0 Å². The van der Waals surface area contributed by atoms with Crippen LogP contribution < -0.4 is 5.32 Å². The number of hydrogen-bond donors (Lipinski definition) is 3. The Balaban J connectivity index is 2.55. The van der Waals surface area contributed by atoms with E-state index in [1.807, 2.05) is 0 Å². The zero-order chi connectivity index (χ0) is 12.8. The number of carbonyl (C=O) groups is 1. The van der Waals surface area contributed by atoms with Gasteiger partial charge in [0.05, 0.1) is 6.10 Å². The van der Waals surface area contributed by atoms with Crippen LogP contribution in [0.1, 0.15) is 25.0 Å². The van der Waals surface area contributed by atoms with Crippen LogP contribution >= 0.6 is 0 Å². The molecule has 0 saturated carbocycles. The molecule has 1 aromatic carbocycles. The van der Waals surface area contributed by atoms with Crippen molar-refractivity contribution in [2.75, 3.05) is 6.54 Å². The number of aliphatic hydroxyl groups is 2. The Hall–Kier alpha value is -1.46. The number of amides is 1. The first-order valence-electron chi connectivity index (χ1n) is 5.37. The van der Waals surface area contributed by atoms with Crippen LogP contribution in [0.15, 0.2) is 24.3 Å². The fourth-order valence-electron chi connectivity index (χ4n) is 1.48. The van der Waals surface area contributed by atoms with E-state index < -0.39 is 18.0 Å². The van der Waals surface area contributed by atoms with Crippen molar-refractivity contribution in [1.82, 2.24) is 5.32 Å². The summed E-state index contributed by atoms with van der Waals surface area (Å²) >= 11 is 0. The zero-order valence-corrected chi connectivity index (χ0v) is 9.56. The highest BCUT2D eigenvalue weighted by Crippen LogP contribution is 2.21. The van der Waals surface area contributed by atoms with Crippen LogP contribution in [-0.2, 0) is 4.79 Å². The number of hydrogen-bond acceptors (Lipinski definition) is 3. The topological polar surface area (TPSA) is 69.6 Å². The van der Waals surface area contributed by atoms with Gasteiger partial charge >= 0.3 is 0 Å². The maximum atomic E-state index is 13.3. The molecule has 1 aromatic rings. The number of halogens is 1. The van der Waals surface area contributed by atoms with Gasteiger partial charge < -0.3 is 15.5 Å². The fourth-order valence-corrected chi connectivity index (χ4v) is 1.48. The molecule has 0 aliphatic carbocycles. The monoisotopic (exact) mass is 241 g/mol. The third-order valence-electron chi connectivity index (χ3n) is 2.40. The summed E-state index contributed by atoms with van der Waals surface area (Å²) < 4.78 is 13.3. The first-order chi connectivity index (χ1) is 8.02. The highest BCUT2D eigenvalue weighted by molar-refractivity contribution is 5.72. The SMILES string of the molecule is CC(=O)NCCC(O)C(O)c1ccccc1F. The van der Waals surface area contributed by atoms with Gasteiger partial charge in [-0.15, -0.1) is 0 Å². The Morgan fingerprint density at radius 2 is 2.06 bits per heavy atom. The molecule has 3 N–H and O–H groups in total. The fraction of sp³-hybridized carbons (Fsp3) is 0.417. The molecule has 5 heteroatoms. The van der Waals surface area contributed by atoms with Crippen LogP contribution in [-0.4, -0.2) is 28.8 Å². The molecular formula is C12H16FNO3. The molecule has 4 nitrogen and oxygen atoms in total. The number of nitrogens with one attached hydrogen (secondary N) is 1. The van der Waals surface area contributed by atoms with E-state index in [2.05, 4.69) is 5.32 Å². The Bertz CT molecular complexity index is 384. The molecular weight excluding hydrogens is 225 g/mol. The summed E-state index contributed by atoms with van der Waals surface area (Å²) in [5.41, 5.74) is 0.0582. The molecule has 0 bridgehead atoms. The molecule has 0 saturated heterocycles. The van der Waals surface area contributed by atoms with Crippen LogP contribution in [0.3, 0.4) is 0 Å². The van der Waals surface area contributed by atoms with E-state index in [1.54, 1.807) is 6.07 Å². The Labute approximate surface area is 99.1 Å². The van der Waals surface area contributed by atoms with Crippen molar-refractivity contribution in [2.24, 2.45) is 0 Å². The summed E-state index contributed by atoms with van der Waals surface area (Å²) in [5.74, 6) is -0.767. The quantitative estimate of drug-likeness (QED) is 0.712. The van der Waals surface area contributed by atoms with Crippen molar-refractivity contribution in [3.8, 4) is 0 Å². The van der Waals surface area contributed by atoms with Crippen LogP contribution in [0, 0.1) is 5.82 Å². The Kier molecular flexibility index (Phi) is 5.06. The normalized spacial score (nSPS) is 14.1. The molecule has 0 heterocycles. The van der Waals surface area contributed by atoms with Crippen molar-refractivity contribution in [3.63, 3.8) is 0 Å². The number of rotatable bonds is 5. The summed E-state index contributed by atoms with van der Waals surface area (Å²) in [7, 11) is 0. The maximum Gasteiger partial charge on any atom is 0.216 e. The average molecular weight is 241 g/mol. The molecule has 0 aromatic heterocycles. The standard InChI is InChI=1S/C12H16FNO3/c1-8(15)14-7-6-11(16)12(17)9-4-2-3-5-10(9)13/h2-5,11-12,16-17H,6-7H2,1H3,(H,14,15). The summed E-state index contributed by atoms with van der Waals surface area (Å²) in [5, 5.41) is 21.9. The van der Waals surface area contributed by atoms with E-state index in [0.717, 1.165) is 0 Å². The van der Waals surface area contributed by atoms with Gasteiger partial charge in [0.25, 0.3) is 0 Å². The highest BCUT2D eigenvalue weighted by Gasteiger charge is 2.20. The van der Waals surface area contributed by atoms with Crippen LogP contribution in [0.5, 0.6) is 0 Å². The molecule has 0 aliphatic heterocycles. The zero-order valence-electron chi connectivity index (χ0n) is 9.56. The van der Waals surface area contributed by atoms with Gasteiger partial charge in [0.2, 0.25) is 5.91 Å². The first kappa shape index (κ1) is 13.6. The van der Waals surface area contributed by atoms with E-state index in [-0.39, 0.29) is 24.4 Å². The van der Waals surface area contributed by atoms with Crippen LogP contribution in [0.4, 0.5) is 4.39 Å². The van der Waals surface area contributed by atoms with Gasteiger partial charge in [-0.05, 0) is 12.5 Å². The smallest absolute Gasteiger partial charge is 0.216 e. The van der Waals surface area contributed by atoms with Crippen molar-refractivity contribution >= 4 is 5.91 Å². The van der Waals surface area contributed by atoms with Gasteiger partial charge in [0.1, 0.15) is 11.9 Å². The van der Waals surface area contributed by atoms with Crippen LogP contribution in [0.2, 0.25) is 0 Å². The minimum atomic E-state index is -1.29. The van der Waals surface area contributed by atoms with Gasteiger partial charge in [0, 0.05) is 19.0 Å². The van der Waals surface area contributed by atoms with E-state index in [4.69, 9.17) is 0 Å². The van der Waals surface area contributed by atoms with Crippen molar-refractivity contribution < 1.29 is 19.4 Å². The van der Waals surface area contributed by atoms with Crippen molar-refractivity contribution in [1.29, 1.82) is 0 Å². The summed E-state index contributed by atoms with van der Waals surface area (Å²) in [6.07, 6.45) is -2.24. The molecule has 0 spiro atoms. The molecule has 94 valence electrons. The molecule has 2 atom stereocenters. The molecule has 0 fully saturated rings. The predicted octanol–water partition coefficient (Wildman–Crippen LogP) is 0.746. The summed E-state index contributed by atoms with van der Waals surface area (Å²) in [6, 6.07) is 5.73. The minimum absolute atomic E-state index is 0.0582. The van der Waals surface area contributed by atoms with Gasteiger partial charge in [-0.1, -0.05) is 18.2 Å². The minimum Gasteiger partial charge on any atom is -0.390 e. The number of aliphatic hydroxyl groups excluding tert-OH is 2. The third kappa shape index (κ3) is 4.13. The van der Waals surface area contributed by atoms with Gasteiger partial charge in [-0.2, -0.15) is 0 Å². The number of benzene rings is 1. The molecule has 17 heavy (non-hydrogen) atoms. The average Bonchev–Trinajstić information content (AvgIpc) is 2.28. The Morgan fingerprint density at radius 1 is 1.41 bits per heavy atom. The lowest BCUT2D eigenvalue weighted by Gasteiger charge is -2.18. The van der Waals surface area contributed by atoms with Gasteiger partial charge in [-0.25, -0.2) is 4.39 Å². The predicted molar refractivity (Wildman–Crippen MR) is 60.7 cm³/mol. The van der Waals surface area contributed by atoms with Crippen molar-refractivity contribution in [2.45, 2.75) is 25.6 Å². The lowest BCUT2D eigenvalue weighted by Crippen LogP contribution is -2.28. The molecule has 0 radical (unpaired) electrons. The highest BCUT2D eigenvalue weighted by atomic mass is 19.1. The molecule has 1 rings (SSSR count). The summed E-state index contributed by atoms with van der Waals surface area (Å²) in [6.45, 7) is 1.60. The van der Waals surface area contributed by atoms with Crippen LogP contribution in [0.25, 0.3) is 0 Å². The third-order valence-corrected chi connectivity index (χ3v) is 2.40. The first-order valence-corrected chi connectivity index (χ1v) is 5.37. The molecule has 2 unspecified atom stereocenters. The largest absolute Gasteiger partial charge is 0.390 e. The van der Waals surface area contributed by atoms with Crippen molar-refractivity contribution in [3.05, 3.63) is 35.6 Å². The van der Waals surface area contributed by atoms with E-state index in [1.165, 1.54) is 25.1 Å². The van der Waals surface area contributed by atoms with E-state index >= 15 is 0 Å².